The van der Waals surface area contributed by atoms with Crippen molar-refractivity contribution in [2.24, 2.45) is 4.99 Å². The number of thiazole rings is 1. The van der Waals surface area contributed by atoms with Crippen LogP contribution in [0.2, 0.25) is 0 Å². The Kier molecular flexibility index (Phi) is 5.90. The zero-order valence-electron chi connectivity index (χ0n) is 16.5. The molecule has 0 radical (unpaired) electrons. The van der Waals surface area contributed by atoms with Crippen molar-refractivity contribution in [1.82, 2.24) is 4.57 Å². The number of para-hydroxylation sites is 1. The van der Waals surface area contributed by atoms with E-state index < -0.39 is 21.7 Å². The lowest BCUT2D eigenvalue weighted by Crippen LogP contribution is -2.17. The summed E-state index contributed by atoms with van der Waals surface area (Å²) in [5.41, 5.74) is 0.849. The molecule has 0 bridgehead atoms. The molecule has 0 aliphatic heterocycles. The first kappa shape index (κ1) is 21.5. The standard InChI is InChI=1S/C23H16FN3O3S2/c1-2-15-27-21-19(24)9-6-10-20(21)31-23(27)25-22(28)16-11-13-17(14-12-16)26-32(29,30)18-7-4-3-5-8-18/h1,3-14,26H,15H2. The lowest BCUT2D eigenvalue weighted by atomic mass is 10.2. The second-order valence-electron chi connectivity index (χ2n) is 6.67. The quantitative estimate of drug-likeness (QED) is 0.452. The highest BCUT2D eigenvalue weighted by Gasteiger charge is 2.15. The molecule has 0 aliphatic carbocycles. The Balaban J connectivity index is 1.63. The molecule has 9 heteroatoms. The number of terminal acetylenes is 1. The molecule has 0 spiro atoms. The third-order valence-corrected chi connectivity index (χ3v) is 6.98. The summed E-state index contributed by atoms with van der Waals surface area (Å²) in [6.07, 6.45) is 5.41. The van der Waals surface area contributed by atoms with Crippen LogP contribution in [-0.4, -0.2) is 18.9 Å². The number of aromatic nitrogens is 1. The maximum absolute atomic E-state index is 14.3. The van der Waals surface area contributed by atoms with Gasteiger partial charge in [0.1, 0.15) is 5.82 Å². The number of anilines is 1. The number of fused-ring (bicyclic) bond motifs is 1. The van der Waals surface area contributed by atoms with Gasteiger partial charge in [-0.1, -0.05) is 41.5 Å². The number of carbonyl (C=O) groups excluding carboxylic acids is 1. The topological polar surface area (TPSA) is 80.5 Å². The van der Waals surface area contributed by atoms with Gasteiger partial charge in [-0.15, -0.1) is 6.42 Å². The summed E-state index contributed by atoms with van der Waals surface area (Å²) >= 11 is 1.16. The molecule has 0 unspecified atom stereocenters. The van der Waals surface area contributed by atoms with Crippen molar-refractivity contribution in [2.45, 2.75) is 11.4 Å². The second-order valence-corrected chi connectivity index (χ2v) is 9.37. The SMILES string of the molecule is C#CCn1c(=NC(=O)c2ccc(NS(=O)(=O)c3ccccc3)cc2)sc2cccc(F)c21. The van der Waals surface area contributed by atoms with E-state index in [9.17, 15) is 17.6 Å². The summed E-state index contributed by atoms with van der Waals surface area (Å²) in [4.78, 5) is 17.2. The van der Waals surface area contributed by atoms with Crippen LogP contribution in [0.3, 0.4) is 0 Å². The summed E-state index contributed by atoms with van der Waals surface area (Å²) in [5, 5.41) is 0. The van der Waals surface area contributed by atoms with Gasteiger partial charge in [0.25, 0.3) is 15.9 Å². The number of hydrogen-bond donors (Lipinski definition) is 1. The van der Waals surface area contributed by atoms with E-state index in [4.69, 9.17) is 6.42 Å². The second kappa shape index (κ2) is 8.78. The first-order chi connectivity index (χ1) is 15.4. The van der Waals surface area contributed by atoms with Gasteiger partial charge in [0.2, 0.25) is 0 Å². The third-order valence-electron chi connectivity index (χ3n) is 4.54. The smallest absolute Gasteiger partial charge is 0.279 e. The number of carbonyl (C=O) groups is 1. The fourth-order valence-corrected chi connectivity index (χ4v) is 5.18. The van der Waals surface area contributed by atoms with Gasteiger partial charge in [-0.25, -0.2) is 12.8 Å². The van der Waals surface area contributed by atoms with E-state index >= 15 is 0 Å². The molecule has 0 atom stereocenters. The average Bonchev–Trinajstić information content (AvgIpc) is 3.13. The van der Waals surface area contributed by atoms with Crippen LogP contribution >= 0.6 is 11.3 Å². The van der Waals surface area contributed by atoms with Crippen molar-refractivity contribution in [3.05, 3.63) is 89.0 Å². The molecule has 32 heavy (non-hydrogen) atoms. The lowest BCUT2D eigenvalue weighted by molar-refractivity contribution is 0.0998. The van der Waals surface area contributed by atoms with Gasteiger partial charge in [-0.05, 0) is 48.5 Å². The molecule has 160 valence electrons. The molecule has 0 aliphatic rings. The third kappa shape index (κ3) is 4.32. The van der Waals surface area contributed by atoms with Crippen LogP contribution in [0.4, 0.5) is 10.1 Å². The predicted octanol–water partition coefficient (Wildman–Crippen LogP) is 4.02. The van der Waals surface area contributed by atoms with Crippen molar-refractivity contribution in [3.8, 4) is 12.3 Å². The molecular weight excluding hydrogens is 449 g/mol. The summed E-state index contributed by atoms with van der Waals surface area (Å²) in [7, 11) is -3.74. The van der Waals surface area contributed by atoms with Gasteiger partial charge in [0, 0.05) is 11.3 Å². The van der Waals surface area contributed by atoms with E-state index in [0.717, 1.165) is 11.3 Å². The van der Waals surface area contributed by atoms with Crippen LogP contribution in [0, 0.1) is 18.2 Å². The van der Waals surface area contributed by atoms with Crippen molar-refractivity contribution < 1.29 is 17.6 Å². The number of sulfonamides is 1. The van der Waals surface area contributed by atoms with E-state index in [0.29, 0.717) is 15.9 Å². The Hall–Kier alpha value is -3.74. The van der Waals surface area contributed by atoms with Crippen LogP contribution in [0.15, 0.2) is 82.7 Å². The Labute approximate surface area is 187 Å². The number of hydrogen-bond acceptors (Lipinski definition) is 4. The lowest BCUT2D eigenvalue weighted by Gasteiger charge is -2.08. The monoisotopic (exact) mass is 465 g/mol. The molecule has 0 fully saturated rings. The largest absolute Gasteiger partial charge is 0.302 e. The molecule has 4 aromatic rings. The molecule has 4 rings (SSSR count). The van der Waals surface area contributed by atoms with E-state index in [1.807, 2.05) is 0 Å². The normalized spacial score (nSPS) is 11.9. The average molecular weight is 466 g/mol. The predicted molar refractivity (Wildman–Crippen MR) is 122 cm³/mol. The van der Waals surface area contributed by atoms with Gasteiger partial charge >= 0.3 is 0 Å². The minimum absolute atomic E-state index is 0.0627. The first-order valence-electron chi connectivity index (χ1n) is 9.37. The van der Waals surface area contributed by atoms with Crippen molar-refractivity contribution in [2.75, 3.05) is 4.72 Å². The Morgan fingerprint density at radius 1 is 1.06 bits per heavy atom. The van der Waals surface area contributed by atoms with Crippen molar-refractivity contribution >= 4 is 43.2 Å². The highest BCUT2D eigenvalue weighted by Crippen LogP contribution is 2.21. The summed E-state index contributed by atoms with van der Waals surface area (Å²) in [5.74, 6) is 1.45. The van der Waals surface area contributed by atoms with Crippen LogP contribution in [0.1, 0.15) is 10.4 Å². The Morgan fingerprint density at radius 2 is 1.78 bits per heavy atom. The van der Waals surface area contributed by atoms with Gasteiger partial charge in [0.05, 0.1) is 21.7 Å². The number of nitrogens with zero attached hydrogens (tertiary/aromatic N) is 2. The number of nitrogens with one attached hydrogen (secondary N) is 1. The minimum atomic E-state index is -3.74. The first-order valence-corrected chi connectivity index (χ1v) is 11.7. The van der Waals surface area contributed by atoms with Gasteiger partial charge in [-0.3, -0.25) is 9.52 Å². The number of rotatable bonds is 5. The molecule has 3 aromatic carbocycles. The van der Waals surface area contributed by atoms with Crippen LogP contribution in [-0.2, 0) is 16.6 Å². The van der Waals surface area contributed by atoms with Gasteiger partial charge < -0.3 is 4.57 Å². The van der Waals surface area contributed by atoms with Crippen LogP contribution < -0.4 is 9.52 Å². The van der Waals surface area contributed by atoms with Crippen LogP contribution in [0.25, 0.3) is 10.2 Å². The fourth-order valence-electron chi connectivity index (χ4n) is 3.06. The Bertz CT molecular complexity index is 1520. The summed E-state index contributed by atoms with van der Waals surface area (Å²) < 4.78 is 43.7. The summed E-state index contributed by atoms with van der Waals surface area (Å²) in [6.45, 7) is 0.0627. The van der Waals surface area contributed by atoms with Gasteiger partial charge in [0.15, 0.2) is 4.80 Å². The molecule has 1 amide bonds. The van der Waals surface area contributed by atoms with Crippen molar-refractivity contribution in [3.63, 3.8) is 0 Å². The van der Waals surface area contributed by atoms with Crippen molar-refractivity contribution in [1.29, 1.82) is 0 Å². The highest BCUT2D eigenvalue weighted by atomic mass is 32.2. The molecule has 1 N–H and O–H groups in total. The molecule has 0 saturated carbocycles. The maximum Gasteiger partial charge on any atom is 0.279 e. The molecule has 6 nitrogen and oxygen atoms in total. The molecule has 1 aromatic heterocycles. The molecular formula is C23H16FN3O3S2. The minimum Gasteiger partial charge on any atom is -0.302 e. The zero-order valence-corrected chi connectivity index (χ0v) is 18.2. The number of halogens is 1. The zero-order chi connectivity index (χ0) is 22.7. The molecule has 1 heterocycles. The number of benzene rings is 3. The summed E-state index contributed by atoms with van der Waals surface area (Å²) in [6, 6.07) is 18.5. The van der Waals surface area contributed by atoms with E-state index in [2.05, 4.69) is 15.6 Å². The number of amides is 1. The maximum atomic E-state index is 14.3. The Morgan fingerprint density at radius 3 is 2.47 bits per heavy atom. The fraction of sp³-hybridized carbons (Fsp3) is 0.0435. The molecule has 0 saturated heterocycles. The van der Waals surface area contributed by atoms with E-state index in [1.165, 1.54) is 47.0 Å². The van der Waals surface area contributed by atoms with Crippen LogP contribution in [0.5, 0.6) is 0 Å². The van der Waals surface area contributed by atoms with E-state index in [-0.39, 0.29) is 21.8 Å². The van der Waals surface area contributed by atoms with Gasteiger partial charge in [-0.2, -0.15) is 4.99 Å². The van der Waals surface area contributed by atoms with E-state index in [1.54, 1.807) is 30.3 Å². The highest BCUT2D eigenvalue weighted by molar-refractivity contribution is 7.92.